The van der Waals surface area contributed by atoms with E-state index in [9.17, 15) is 4.79 Å². The first kappa shape index (κ1) is 14.6. The Kier molecular flexibility index (Phi) is 4.29. The van der Waals surface area contributed by atoms with Crippen LogP contribution in [0.5, 0.6) is 0 Å². The molecule has 1 aliphatic carbocycles. The van der Waals surface area contributed by atoms with Crippen molar-refractivity contribution >= 4 is 5.91 Å². The Morgan fingerprint density at radius 2 is 1.95 bits per heavy atom. The fourth-order valence-corrected chi connectivity index (χ4v) is 3.86. The van der Waals surface area contributed by atoms with Gasteiger partial charge in [0, 0.05) is 6.04 Å². The van der Waals surface area contributed by atoms with Gasteiger partial charge in [-0.3, -0.25) is 4.79 Å². The average molecular weight is 286 g/mol. The molecule has 2 fully saturated rings. The van der Waals surface area contributed by atoms with E-state index in [0.717, 1.165) is 51.6 Å². The maximum Gasteiger partial charge on any atom is 0.230 e. The van der Waals surface area contributed by atoms with E-state index < -0.39 is 0 Å². The Hall–Kier alpha value is -1.35. The van der Waals surface area contributed by atoms with Crippen molar-refractivity contribution in [2.24, 2.45) is 0 Å². The molecule has 1 aliphatic heterocycles. The molecule has 1 saturated heterocycles. The Morgan fingerprint density at radius 1 is 1.24 bits per heavy atom. The van der Waals surface area contributed by atoms with Crippen LogP contribution in [-0.4, -0.2) is 25.0 Å². The van der Waals surface area contributed by atoms with Gasteiger partial charge in [-0.15, -0.1) is 0 Å². The van der Waals surface area contributed by atoms with Gasteiger partial charge in [0.1, 0.15) is 0 Å². The van der Waals surface area contributed by atoms with Crippen molar-refractivity contribution in [1.29, 1.82) is 0 Å². The second-order valence-electron chi connectivity index (χ2n) is 6.66. The Bertz CT molecular complexity index is 500. The lowest BCUT2D eigenvalue weighted by atomic mass is 9.77. The zero-order valence-corrected chi connectivity index (χ0v) is 13.0. The predicted molar refractivity (Wildman–Crippen MR) is 85.4 cm³/mol. The molecule has 0 radical (unpaired) electrons. The van der Waals surface area contributed by atoms with Crippen molar-refractivity contribution in [3.63, 3.8) is 0 Å². The van der Waals surface area contributed by atoms with Crippen LogP contribution >= 0.6 is 0 Å². The van der Waals surface area contributed by atoms with Gasteiger partial charge in [-0.05, 0) is 51.3 Å². The minimum atomic E-state index is -0.281. The molecule has 114 valence electrons. The lowest BCUT2D eigenvalue weighted by molar-refractivity contribution is -0.127. The van der Waals surface area contributed by atoms with E-state index in [1.54, 1.807) is 0 Å². The van der Waals surface area contributed by atoms with E-state index in [0.29, 0.717) is 6.04 Å². The van der Waals surface area contributed by atoms with E-state index in [4.69, 9.17) is 0 Å². The summed E-state index contributed by atoms with van der Waals surface area (Å²) in [6.07, 6.45) is 6.41. The topological polar surface area (TPSA) is 41.1 Å². The minimum Gasteiger partial charge on any atom is -0.353 e. The Morgan fingerprint density at radius 3 is 2.62 bits per heavy atom. The van der Waals surface area contributed by atoms with Gasteiger partial charge in [-0.25, -0.2) is 0 Å². The number of hydrogen-bond acceptors (Lipinski definition) is 2. The molecule has 0 atom stereocenters. The van der Waals surface area contributed by atoms with Crippen molar-refractivity contribution in [1.82, 2.24) is 10.6 Å². The van der Waals surface area contributed by atoms with Crippen LogP contribution in [-0.2, 0) is 10.2 Å². The number of carbonyl (C=O) groups excluding carboxylic acids is 1. The first-order valence-corrected chi connectivity index (χ1v) is 8.29. The molecule has 0 bridgehead atoms. The average Bonchev–Trinajstić information content (AvgIpc) is 2.99. The zero-order chi connectivity index (χ0) is 14.7. The number of rotatable bonds is 3. The van der Waals surface area contributed by atoms with Gasteiger partial charge in [0.05, 0.1) is 5.41 Å². The summed E-state index contributed by atoms with van der Waals surface area (Å²) >= 11 is 0. The highest BCUT2D eigenvalue weighted by Gasteiger charge is 2.43. The maximum atomic E-state index is 13.0. The van der Waals surface area contributed by atoms with Crippen molar-refractivity contribution in [3.8, 4) is 0 Å². The molecule has 2 N–H and O–H groups in total. The molecule has 1 heterocycles. The molecule has 0 unspecified atom stereocenters. The Labute approximate surface area is 127 Å². The van der Waals surface area contributed by atoms with Gasteiger partial charge < -0.3 is 10.6 Å². The van der Waals surface area contributed by atoms with Crippen LogP contribution in [0.2, 0.25) is 0 Å². The molecular formula is C18H26N2O. The summed E-state index contributed by atoms with van der Waals surface area (Å²) in [5.41, 5.74) is 2.18. The van der Waals surface area contributed by atoms with Crippen molar-refractivity contribution in [3.05, 3.63) is 35.4 Å². The van der Waals surface area contributed by atoms with E-state index in [1.165, 1.54) is 11.1 Å². The van der Waals surface area contributed by atoms with Crippen LogP contribution < -0.4 is 10.6 Å². The fraction of sp³-hybridized carbons (Fsp3) is 0.611. The molecular weight excluding hydrogens is 260 g/mol. The van der Waals surface area contributed by atoms with Crippen LogP contribution in [0.3, 0.4) is 0 Å². The molecule has 1 amide bonds. The first-order valence-electron chi connectivity index (χ1n) is 8.29. The van der Waals surface area contributed by atoms with Crippen LogP contribution in [0.15, 0.2) is 24.3 Å². The normalized spacial score (nSPS) is 22.1. The molecule has 1 saturated carbocycles. The molecule has 0 spiro atoms. The predicted octanol–water partition coefficient (Wildman–Crippen LogP) is 2.68. The molecule has 21 heavy (non-hydrogen) atoms. The van der Waals surface area contributed by atoms with Crippen LogP contribution in [0.25, 0.3) is 0 Å². The van der Waals surface area contributed by atoms with Crippen LogP contribution in [0, 0.1) is 6.92 Å². The molecule has 1 aromatic rings. The summed E-state index contributed by atoms with van der Waals surface area (Å²) in [7, 11) is 0. The monoisotopic (exact) mass is 286 g/mol. The van der Waals surface area contributed by atoms with Gasteiger partial charge in [0.25, 0.3) is 0 Å². The van der Waals surface area contributed by atoms with Gasteiger partial charge in [0.2, 0.25) is 5.91 Å². The van der Waals surface area contributed by atoms with Crippen molar-refractivity contribution < 1.29 is 4.79 Å². The third-order valence-corrected chi connectivity index (χ3v) is 5.14. The van der Waals surface area contributed by atoms with E-state index in [1.807, 2.05) is 0 Å². The first-order chi connectivity index (χ1) is 10.2. The molecule has 3 rings (SSSR count). The second kappa shape index (κ2) is 6.18. The van der Waals surface area contributed by atoms with Gasteiger partial charge in [-0.1, -0.05) is 42.7 Å². The number of amides is 1. The number of carbonyl (C=O) groups is 1. The van der Waals surface area contributed by atoms with E-state index >= 15 is 0 Å². The van der Waals surface area contributed by atoms with Crippen molar-refractivity contribution in [2.75, 3.05) is 13.1 Å². The third-order valence-electron chi connectivity index (χ3n) is 5.14. The smallest absolute Gasteiger partial charge is 0.230 e. The van der Waals surface area contributed by atoms with E-state index in [-0.39, 0.29) is 11.3 Å². The van der Waals surface area contributed by atoms with Gasteiger partial charge in [0.15, 0.2) is 0 Å². The zero-order valence-electron chi connectivity index (χ0n) is 13.0. The highest BCUT2D eigenvalue weighted by Crippen LogP contribution is 2.41. The number of aryl methyl sites for hydroxylation is 1. The number of piperidine rings is 1. The van der Waals surface area contributed by atoms with Crippen LogP contribution in [0.4, 0.5) is 0 Å². The summed E-state index contributed by atoms with van der Waals surface area (Å²) in [5.74, 6) is 0.262. The maximum absolute atomic E-state index is 13.0. The lowest BCUT2D eigenvalue weighted by Gasteiger charge is -2.32. The lowest BCUT2D eigenvalue weighted by Crippen LogP contribution is -2.50. The SMILES string of the molecule is Cc1cccc(C2(C(=O)NC3CCNCC3)CCCC2)c1. The molecule has 2 aliphatic rings. The number of hydrogen-bond donors (Lipinski definition) is 2. The number of nitrogens with one attached hydrogen (secondary N) is 2. The highest BCUT2D eigenvalue weighted by atomic mass is 16.2. The second-order valence-corrected chi connectivity index (χ2v) is 6.66. The molecule has 1 aromatic carbocycles. The standard InChI is InChI=1S/C18H26N2O/c1-14-5-4-6-15(13-14)18(9-2-3-10-18)17(21)20-16-7-11-19-12-8-16/h4-6,13,16,19H,2-3,7-12H2,1H3,(H,20,21). The quantitative estimate of drug-likeness (QED) is 0.897. The highest BCUT2D eigenvalue weighted by molar-refractivity contribution is 5.88. The third kappa shape index (κ3) is 2.98. The molecule has 3 heteroatoms. The van der Waals surface area contributed by atoms with Gasteiger partial charge >= 0.3 is 0 Å². The number of benzene rings is 1. The van der Waals surface area contributed by atoms with E-state index in [2.05, 4.69) is 41.8 Å². The minimum absolute atomic E-state index is 0.262. The van der Waals surface area contributed by atoms with Crippen LogP contribution in [0.1, 0.15) is 49.7 Å². The fourth-order valence-electron chi connectivity index (χ4n) is 3.86. The molecule has 0 aromatic heterocycles. The largest absolute Gasteiger partial charge is 0.353 e. The summed E-state index contributed by atoms with van der Waals surface area (Å²) in [5, 5.41) is 6.70. The summed E-state index contributed by atoms with van der Waals surface area (Å²) in [6, 6.07) is 8.88. The summed E-state index contributed by atoms with van der Waals surface area (Å²) in [4.78, 5) is 13.0. The van der Waals surface area contributed by atoms with Crippen molar-refractivity contribution in [2.45, 2.75) is 56.9 Å². The Balaban J connectivity index is 1.81. The summed E-state index contributed by atoms with van der Waals surface area (Å²) < 4.78 is 0. The molecule has 3 nitrogen and oxygen atoms in total. The van der Waals surface area contributed by atoms with Gasteiger partial charge in [-0.2, -0.15) is 0 Å². The summed E-state index contributed by atoms with van der Waals surface area (Å²) in [6.45, 7) is 4.14.